The topological polar surface area (TPSA) is 58.2 Å². The Kier molecular flexibility index (Phi) is 2.77. The number of rotatable bonds is 1. The summed E-state index contributed by atoms with van der Waals surface area (Å²) in [5.41, 5.74) is 3.31. The number of benzene rings is 1. The Hall–Kier alpha value is -2.32. The highest BCUT2D eigenvalue weighted by atomic mass is 32.1. The first-order valence-corrected chi connectivity index (χ1v) is 6.54. The molecule has 0 saturated carbocycles. The van der Waals surface area contributed by atoms with Gasteiger partial charge in [-0.05, 0) is 43.8 Å². The first-order chi connectivity index (χ1) is 9.49. The average molecular weight is 284 g/mol. The van der Waals surface area contributed by atoms with Crippen molar-refractivity contribution in [3.05, 3.63) is 41.9 Å². The van der Waals surface area contributed by atoms with Gasteiger partial charge in [-0.2, -0.15) is 5.26 Å². The number of ether oxygens (including phenoxy) is 1. The van der Waals surface area contributed by atoms with Gasteiger partial charge in [0.05, 0.1) is 0 Å². The van der Waals surface area contributed by atoms with Gasteiger partial charge in [0.15, 0.2) is 0 Å². The van der Waals surface area contributed by atoms with E-state index in [1.165, 1.54) is 0 Å². The van der Waals surface area contributed by atoms with Crippen LogP contribution < -0.4 is 5.32 Å². The minimum absolute atomic E-state index is 0.299. The maximum Gasteiger partial charge on any atom is 0.262 e. The standard InChI is InChI=1S/C15H12N2O2S/c1-15(2)12-6-9(10-5-11(7-16)18-8-10)3-4-13(12)17-14(20)19-15/h3-6,8H,1-2H3,(H,17,20). The number of hydrogen-bond acceptors (Lipinski definition) is 4. The van der Waals surface area contributed by atoms with Crippen molar-refractivity contribution in [3.8, 4) is 17.2 Å². The normalized spacial score (nSPS) is 15.8. The highest BCUT2D eigenvalue weighted by Crippen LogP contribution is 2.38. The van der Waals surface area contributed by atoms with E-state index in [0.29, 0.717) is 10.9 Å². The smallest absolute Gasteiger partial charge is 0.262 e. The quantitative estimate of drug-likeness (QED) is 0.808. The number of nitrogens with one attached hydrogen (secondary N) is 1. The molecule has 4 nitrogen and oxygen atoms in total. The van der Waals surface area contributed by atoms with E-state index in [-0.39, 0.29) is 0 Å². The maximum atomic E-state index is 8.81. The zero-order valence-corrected chi connectivity index (χ0v) is 11.9. The molecule has 0 unspecified atom stereocenters. The Labute approximate surface area is 122 Å². The second-order valence-corrected chi connectivity index (χ2v) is 5.47. The van der Waals surface area contributed by atoms with E-state index in [1.54, 1.807) is 12.3 Å². The molecule has 1 aromatic carbocycles. The van der Waals surface area contributed by atoms with Crippen LogP contribution in [-0.2, 0) is 10.3 Å². The molecule has 1 aliphatic rings. The molecule has 1 aliphatic heterocycles. The summed E-state index contributed by atoms with van der Waals surface area (Å²) in [6.07, 6.45) is 1.58. The molecule has 1 N–H and O–H groups in total. The van der Waals surface area contributed by atoms with Crippen LogP contribution in [0.25, 0.3) is 11.1 Å². The fourth-order valence-electron chi connectivity index (χ4n) is 2.30. The van der Waals surface area contributed by atoms with Gasteiger partial charge >= 0.3 is 0 Å². The zero-order chi connectivity index (χ0) is 14.3. The van der Waals surface area contributed by atoms with Crippen LogP contribution in [-0.4, -0.2) is 5.17 Å². The van der Waals surface area contributed by atoms with E-state index in [4.69, 9.17) is 26.6 Å². The summed E-state index contributed by atoms with van der Waals surface area (Å²) < 4.78 is 10.8. The van der Waals surface area contributed by atoms with Crippen molar-refractivity contribution in [3.63, 3.8) is 0 Å². The summed E-state index contributed by atoms with van der Waals surface area (Å²) in [7, 11) is 0. The highest BCUT2D eigenvalue weighted by molar-refractivity contribution is 7.80. The Balaban J connectivity index is 2.09. The van der Waals surface area contributed by atoms with E-state index >= 15 is 0 Å². The van der Waals surface area contributed by atoms with Gasteiger partial charge in [0, 0.05) is 22.9 Å². The number of hydrogen-bond donors (Lipinski definition) is 1. The Bertz CT molecular complexity index is 741. The number of fused-ring (bicyclic) bond motifs is 1. The molecule has 5 heteroatoms. The van der Waals surface area contributed by atoms with E-state index in [9.17, 15) is 0 Å². The SMILES string of the molecule is CC1(C)OC(=S)Nc2ccc(-c3coc(C#N)c3)cc21. The summed E-state index contributed by atoms with van der Waals surface area (Å²) >= 11 is 5.09. The fraction of sp³-hybridized carbons (Fsp3) is 0.200. The first kappa shape index (κ1) is 12.7. The van der Waals surface area contributed by atoms with Gasteiger partial charge in [-0.3, -0.25) is 0 Å². The van der Waals surface area contributed by atoms with E-state index in [2.05, 4.69) is 5.32 Å². The monoisotopic (exact) mass is 284 g/mol. The third kappa shape index (κ3) is 2.04. The average Bonchev–Trinajstić information content (AvgIpc) is 2.86. The lowest BCUT2D eigenvalue weighted by molar-refractivity contribution is 0.0947. The number of nitrogens with zero attached hydrogens (tertiary/aromatic N) is 1. The molecule has 20 heavy (non-hydrogen) atoms. The molecule has 100 valence electrons. The number of furan rings is 1. The van der Waals surface area contributed by atoms with Crippen molar-refractivity contribution in [2.24, 2.45) is 0 Å². The third-order valence-electron chi connectivity index (χ3n) is 3.30. The summed E-state index contributed by atoms with van der Waals surface area (Å²) in [4.78, 5) is 0. The molecule has 0 amide bonds. The molecule has 1 aromatic heterocycles. The summed E-state index contributed by atoms with van der Waals surface area (Å²) in [5, 5.41) is 12.2. The lowest BCUT2D eigenvalue weighted by atomic mass is 9.92. The van der Waals surface area contributed by atoms with E-state index in [1.807, 2.05) is 38.1 Å². The molecule has 0 spiro atoms. The molecule has 0 saturated heterocycles. The summed E-state index contributed by atoms with van der Waals surface area (Å²) in [6, 6.07) is 9.64. The Morgan fingerprint density at radius 3 is 2.75 bits per heavy atom. The summed E-state index contributed by atoms with van der Waals surface area (Å²) in [6.45, 7) is 3.94. The highest BCUT2D eigenvalue weighted by Gasteiger charge is 2.31. The Morgan fingerprint density at radius 2 is 2.05 bits per heavy atom. The van der Waals surface area contributed by atoms with Crippen molar-refractivity contribution < 1.29 is 9.15 Å². The van der Waals surface area contributed by atoms with E-state index in [0.717, 1.165) is 22.4 Å². The number of anilines is 1. The predicted octanol–water partition coefficient (Wildman–Crippen LogP) is 3.78. The largest absolute Gasteiger partial charge is 0.460 e. The van der Waals surface area contributed by atoms with Crippen molar-refractivity contribution in [1.82, 2.24) is 0 Å². The Morgan fingerprint density at radius 1 is 1.25 bits per heavy atom. The molecule has 0 atom stereocenters. The van der Waals surface area contributed by atoms with Gasteiger partial charge in [0.1, 0.15) is 17.9 Å². The van der Waals surface area contributed by atoms with Crippen molar-refractivity contribution in [1.29, 1.82) is 5.26 Å². The fourth-order valence-corrected chi connectivity index (χ4v) is 2.62. The third-order valence-corrected chi connectivity index (χ3v) is 3.48. The minimum atomic E-state index is -0.491. The molecular formula is C15H12N2O2S. The van der Waals surface area contributed by atoms with Crippen LogP contribution >= 0.6 is 12.2 Å². The van der Waals surface area contributed by atoms with Gasteiger partial charge in [-0.1, -0.05) is 6.07 Å². The van der Waals surface area contributed by atoms with Gasteiger partial charge in [0.25, 0.3) is 5.17 Å². The zero-order valence-electron chi connectivity index (χ0n) is 11.1. The maximum absolute atomic E-state index is 8.81. The molecule has 0 radical (unpaired) electrons. The second-order valence-electron chi connectivity index (χ2n) is 5.10. The van der Waals surface area contributed by atoms with Crippen LogP contribution in [0.15, 0.2) is 34.9 Å². The van der Waals surface area contributed by atoms with Crippen LogP contribution in [0.5, 0.6) is 0 Å². The van der Waals surface area contributed by atoms with Crippen LogP contribution in [0.4, 0.5) is 5.69 Å². The van der Waals surface area contributed by atoms with Gasteiger partial charge in [0.2, 0.25) is 5.76 Å². The van der Waals surface area contributed by atoms with Crippen molar-refractivity contribution >= 4 is 23.1 Å². The number of nitriles is 1. The number of thiocarbonyl (C=S) groups is 1. The van der Waals surface area contributed by atoms with Crippen molar-refractivity contribution in [2.45, 2.75) is 19.4 Å². The molecule has 2 heterocycles. The van der Waals surface area contributed by atoms with Crippen LogP contribution in [0.3, 0.4) is 0 Å². The molecule has 3 rings (SSSR count). The van der Waals surface area contributed by atoms with Crippen LogP contribution in [0, 0.1) is 11.3 Å². The lowest BCUT2D eigenvalue weighted by Crippen LogP contribution is -2.34. The molecular weight excluding hydrogens is 272 g/mol. The van der Waals surface area contributed by atoms with Gasteiger partial charge in [-0.25, -0.2) is 0 Å². The van der Waals surface area contributed by atoms with Crippen LogP contribution in [0.2, 0.25) is 0 Å². The second kappa shape index (κ2) is 4.36. The first-order valence-electron chi connectivity index (χ1n) is 6.13. The predicted molar refractivity (Wildman–Crippen MR) is 79.2 cm³/mol. The van der Waals surface area contributed by atoms with Gasteiger partial charge < -0.3 is 14.5 Å². The molecule has 0 bridgehead atoms. The lowest BCUT2D eigenvalue weighted by Gasteiger charge is -2.34. The van der Waals surface area contributed by atoms with Gasteiger partial charge in [-0.15, -0.1) is 0 Å². The summed E-state index contributed by atoms with van der Waals surface area (Å²) in [5.74, 6) is 0.299. The minimum Gasteiger partial charge on any atom is -0.460 e. The molecule has 2 aromatic rings. The van der Waals surface area contributed by atoms with Crippen molar-refractivity contribution in [2.75, 3.05) is 5.32 Å². The molecule has 0 aliphatic carbocycles. The molecule has 0 fully saturated rings. The van der Waals surface area contributed by atoms with E-state index < -0.39 is 5.60 Å². The van der Waals surface area contributed by atoms with Crippen LogP contribution in [0.1, 0.15) is 25.2 Å².